The van der Waals surface area contributed by atoms with Gasteiger partial charge >= 0.3 is 0 Å². The molecule has 2 aliphatic heterocycles. The monoisotopic (exact) mass is 425 g/mol. The molecule has 1 aromatic heterocycles. The summed E-state index contributed by atoms with van der Waals surface area (Å²) in [5.74, 6) is 0. The number of hydrogen-bond donors (Lipinski definition) is 0. The summed E-state index contributed by atoms with van der Waals surface area (Å²) in [5.41, 5.74) is 2.12. The third kappa shape index (κ3) is 4.78. The number of benzene rings is 1. The Morgan fingerprint density at radius 1 is 0.903 bits per heavy atom. The van der Waals surface area contributed by atoms with Gasteiger partial charge in [-0.3, -0.25) is 19.2 Å². The molecule has 1 aromatic carbocycles. The molecule has 0 unspecified atom stereocenters. The molecule has 3 aliphatic rings. The van der Waals surface area contributed by atoms with Crippen LogP contribution in [0.1, 0.15) is 38.1 Å². The van der Waals surface area contributed by atoms with Crippen molar-refractivity contribution in [2.75, 3.05) is 70.5 Å². The lowest BCUT2D eigenvalue weighted by Gasteiger charge is -2.37. The lowest BCUT2D eigenvalue weighted by molar-refractivity contribution is 0.137. The van der Waals surface area contributed by atoms with Crippen LogP contribution in [0.3, 0.4) is 0 Å². The Morgan fingerprint density at radius 2 is 1.68 bits per heavy atom. The maximum atomic E-state index is 13.0. The van der Waals surface area contributed by atoms with E-state index < -0.39 is 0 Å². The normalized spacial score (nSPS) is 22.3. The molecule has 0 radical (unpaired) electrons. The molecule has 2 aromatic rings. The molecule has 5 rings (SSSR count). The minimum Gasteiger partial charge on any atom is -0.380 e. The Labute approximate surface area is 184 Å². The summed E-state index contributed by atoms with van der Waals surface area (Å²) >= 11 is 0. The smallest absolute Gasteiger partial charge is 0.261 e. The average Bonchev–Trinajstić information content (AvgIpc) is 3.21. The first-order valence-electron chi connectivity index (χ1n) is 12.1. The van der Waals surface area contributed by atoms with Gasteiger partial charge in [-0.15, -0.1) is 0 Å². The number of aromatic nitrogens is 2. The standard InChI is InChI=1S/C24H35N5O2/c30-24-22-7-6-21(18-23(22)25-19-29(24)20-4-1-2-5-20)28-13-11-27(12-14-28)10-9-26-8-3-16-31-17-15-26/h6-7,18-20H,1-5,8-17H2. The number of fused-ring (bicyclic) bond motifs is 1. The van der Waals surface area contributed by atoms with E-state index in [0.717, 1.165) is 95.7 Å². The van der Waals surface area contributed by atoms with Crippen molar-refractivity contribution in [1.29, 1.82) is 0 Å². The van der Waals surface area contributed by atoms with Crippen LogP contribution < -0.4 is 10.5 Å². The van der Waals surface area contributed by atoms with E-state index in [1.54, 1.807) is 6.33 Å². The molecule has 2 saturated heterocycles. The number of ether oxygens (including phenoxy) is 1. The number of nitrogens with zero attached hydrogens (tertiary/aromatic N) is 5. The van der Waals surface area contributed by atoms with Crippen LogP contribution in [0, 0.1) is 0 Å². The fourth-order valence-electron chi connectivity index (χ4n) is 5.30. The maximum absolute atomic E-state index is 13.0. The van der Waals surface area contributed by atoms with Crippen molar-refractivity contribution in [3.05, 3.63) is 34.9 Å². The molecular weight excluding hydrogens is 390 g/mol. The van der Waals surface area contributed by atoms with Crippen LogP contribution in [0.2, 0.25) is 0 Å². The van der Waals surface area contributed by atoms with Crippen molar-refractivity contribution < 1.29 is 4.74 Å². The lowest BCUT2D eigenvalue weighted by Crippen LogP contribution is -2.48. The minimum absolute atomic E-state index is 0.118. The van der Waals surface area contributed by atoms with Gasteiger partial charge in [-0.25, -0.2) is 4.98 Å². The number of anilines is 1. The fourth-order valence-corrected chi connectivity index (χ4v) is 5.30. The molecule has 168 valence electrons. The van der Waals surface area contributed by atoms with Crippen molar-refractivity contribution >= 4 is 16.6 Å². The average molecular weight is 426 g/mol. The zero-order valence-corrected chi connectivity index (χ0v) is 18.5. The van der Waals surface area contributed by atoms with Crippen LogP contribution >= 0.6 is 0 Å². The second-order valence-electron chi connectivity index (χ2n) is 9.23. The van der Waals surface area contributed by atoms with Gasteiger partial charge in [0, 0.05) is 70.7 Å². The molecule has 0 spiro atoms. The summed E-state index contributed by atoms with van der Waals surface area (Å²) in [6.45, 7) is 10.5. The predicted octanol–water partition coefficient (Wildman–Crippen LogP) is 2.36. The Morgan fingerprint density at radius 3 is 2.48 bits per heavy atom. The van der Waals surface area contributed by atoms with E-state index in [0.29, 0.717) is 6.04 Å². The number of piperazine rings is 1. The molecule has 1 saturated carbocycles. The van der Waals surface area contributed by atoms with Gasteiger partial charge in [0.15, 0.2) is 0 Å². The Kier molecular flexibility index (Phi) is 6.53. The van der Waals surface area contributed by atoms with Gasteiger partial charge in [0.1, 0.15) is 0 Å². The first-order chi connectivity index (χ1) is 15.3. The van der Waals surface area contributed by atoms with Gasteiger partial charge < -0.3 is 9.64 Å². The summed E-state index contributed by atoms with van der Waals surface area (Å²) in [5, 5.41) is 0.748. The third-order valence-electron chi connectivity index (χ3n) is 7.27. The van der Waals surface area contributed by atoms with Gasteiger partial charge in [0.2, 0.25) is 0 Å². The molecule has 0 atom stereocenters. The highest BCUT2D eigenvalue weighted by Gasteiger charge is 2.21. The Hall–Kier alpha value is -1.96. The SMILES string of the molecule is O=c1c2ccc(N3CCN(CCN4CCCOCC4)CC3)cc2ncn1C1CCCC1. The van der Waals surface area contributed by atoms with Gasteiger partial charge in [-0.2, -0.15) is 0 Å². The summed E-state index contributed by atoms with van der Waals surface area (Å²) in [6.07, 6.45) is 7.55. The van der Waals surface area contributed by atoms with Crippen molar-refractivity contribution in [3.63, 3.8) is 0 Å². The molecule has 3 heterocycles. The van der Waals surface area contributed by atoms with Crippen LogP contribution in [-0.4, -0.2) is 84.9 Å². The van der Waals surface area contributed by atoms with Crippen LogP contribution in [-0.2, 0) is 4.74 Å². The van der Waals surface area contributed by atoms with Crippen molar-refractivity contribution in [3.8, 4) is 0 Å². The summed E-state index contributed by atoms with van der Waals surface area (Å²) in [6, 6.07) is 6.53. The predicted molar refractivity (Wildman–Crippen MR) is 124 cm³/mol. The molecule has 0 amide bonds. The second kappa shape index (κ2) is 9.67. The van der Waals surface area contributed by atoms with E-state index in [9.17, 15) is 4.79 Å². The summed E-state index contributed by atoms with van der Waals surface area (Å²) in [7, 11) is 0. The third-order valence-corrected chi connectivity index (χ3v) is 7.27. The molecule has 0 bridgehead atoms. The van der Waals surface area contributed by atoms with Crippen molar-refractivity contribution in [2.24, 2.45) is 0 Å². The Balaban J connectivity index is 1.19. The maximum Gasteiger partial charge on any atom is 0.261 e. The number of hydrogen-bond acceptors (Lipinski definition) is 6. The van der Waals surface area contributed by atoms with Gasteiger partial charge in [-0.05, 0) is 37.5 Å². The van der Waals surface area contributed by atoms with Crippen LogP contribution in [0.15, 0.2) is 29.3 Å². The molecular formula is C24H35N5O2. The lowest BCUT2D eigenvalue weighted by atomic mass is 10.1. The quantitative estimate of drug-likeness (QED) is 0.733. The van der Waals surface area contributed by atoms with Crippen LogP contribution in [0.5, 0.6) is 0 Å². The molecule has 3 fully saturated rings. The molecule has 31 heavy (non-hydrogen) atoms. The Bertz CT molecular complexity index is 923. The van der Waals surface area contributed by atoms with E-state index in [4.69, 9.17) is 4.74 Å². The van der Waals surface area contributed by atoms with E-state index in [1.807, 2.05) is 10.6 Å². The zero-order valence-electron chi connectivity index (χ0n) is 18.5. The fraction of sp³-hybridized carbons (Fsp3) is 0.667. The molecule has 1 aliphatic carbocycles. The van der Waals surface area contributed by atoms with Gasteiger partial charge in [0.25, 0.3) is 5.56 Å². The first-order valence-corrected chi connectivity index (χ1v) is 12.1. The largest absolute Gasteiger partial charge is 0.380 e. The molecule has 7 nitrogen and oxygen atoms in total. The van der Waals surface area contributed by atoms with E-state index >= 15 is 0 Å². The second-order valence-corrected chi connectivity index (χ2v) is 9.23. The topological polar surface area (TPSA) is 53.8 Å². The molecule has 0 N–H and O–H groups in total. The van der Waals surface area contributed by atoms with Crippen molar-refractivity contribution in [1.82, 2.24) is 19.4 Å². The number of rotatable bonds is 5. The summed E-state index contributed by atoms with van der Waals surface area (Å²) < 4.78 is 7.43. The molecule has 7 heteroatoms. The highest BCUT2D eigenvalue weighted by molar-refractivity contribution is 5.81. The van der Waals surface area contributed by atoms with Crippen LogP contribution in [0.4, 0.5) is 5.69 Å². The van der Waals surface area contributed by atoms with Crippen LogP contribution in [0.25, 0.3) is 10.9 Å². The van der Waals surface area contributed by atoms with Gasteiger partial charge in [0.05, 0.1) is 23.8 Å². The summed E-state index contributed by atoms with van der Waals surface area (Å²) in [4.78, 5) is 25.2. The van der Waals surface area contributed by atoms with E-state index in [-0.39, 0.29) is 5.56 Å². The van der Waals surface area contributed by atoms with Gasteiger partial charge in [-0.1, -0.05) is 12.8 Å². The first kappa shape index (κ1) is 20.9. The van der Waals surface area contributed by atoms with Crippen molar-refractivity contribution in [2.45, 2.75) is 38.1 Å². The highest BCUT2D eigenvalue weighted by atomic mass is 16.5. The zero-order chi connectivity index (χ0) is 21.0. The van der Waals surface area contributed by atoms with E-state index in [2.05, 4.69) is 31.8 Å². The minimum atomic E-state index is 0.118. The van der Waals surface area contributed by atoms with E-state index in [1.165, 1.54) is 18.5 Å². The highest BCUT2D eigenvalue weighted by Crippen LogP contribution is 2.28.